The fourth-order valence-electron chi connectivity index (χ4n) is 2.55. The van der Waals surface area contributed by atoms with Crippen LogP contribution in [0.1, 0.15) is 32.8 Å². The van der Waals surface area contributed by atoms with Gasteiger partial charge in [0.05, 0.1) is 0 Å². The molecule has 0 aromatic carbocycles. The van der Waals surface area contributed by atoms with E-state index in [9.17, 15) is 4.79 Å². The third-order valence-electron chi connectivity index (χ3n) is 3.50. The summed E-state index contributed by atoms with van der Waals surface area (Å²) in [7, 11) is 0. The molecule has 0 saturated heterocycles. The summed E-state index contributed by atoms with van der Waals surface area (Å²) in [5.41, 5.74) is 2.47. The number of amides is 1. The van der Waals surface area contributed by atoms with Gasteiger partial charge in [0.2, 0.25) is 0 Å². The molecule has 6 nitrogen and oxygen atoms in total. The molecule has 3 heterocycles. The monoisotopic (exact) mass is 300 g/mol. The Morgan fingerprint density at radius 2 is 2.23 bits per heavy atom. The Labute approximate surface area is 129 Å². The summed E-state index contributed by atoms with van der Waals surface area (Å²) in [6, 6.07) is 0. The van der Waals surface area contributed by atoms with Gasteiger partial charge in [-0.1, -0.05) is 6.08 Å². The molecular formula is C16H20N4O2. The SMILES string of the molecule is CC(C)(C)OC(=O)N1CCC=C(c2c[nH]c3ncncc23)C1. The second-order valence-electron chi connectivity index (χ2n) is 6.41. The predicted molar refractivity (Wildman–Crippen MR) is 84.3 cm³/mol. The number of fused-ring (bicyclic) bond motifs is 1. The summed E-state index contributed by atoms with van der Waals surface area (Å²) in [6.07, 6.45) is 7.94. The highest BCUT2D eigenvalue weighted by Crippen LogP contribution is 2.27. The van der Waals surface area contributed by atoms with Gasteiger partial charge in [0.25, 0.3) is 0 Å². The van der Waals surface area contributed by atoms with Crippen molar-refractivity contribution >= 4 is 22.7 Å². The molecule has 2 aromatic rings. The van der Waals surface area contributed by atoms with Crippen molar-refractivity contribution in [1.82, 2.24) is 19.9 Å². The van der Waals surface area contributed by atoms with Crippen LogP contribution in [0.5, 0.6) is 0 Å². The van der Waals surface area contributed by atoms with Crippen molar-refractivity contribution in [3.05, 3.63) is 30.4 Å². The van der Waals surface area contributed by atoms with Crippen LogP contribution >= 0.6 is 0 Å². The van der Waals surface area contributed by atoms with Crippen LogP contribution in [-0.4, -0.2) is 44.6 Å². The van der Waals surface area contributed by atoms with Gasteiger partial charge in [-0.05, 0) is 32.8 Å². The molecule has 1 N–H and O–H groups in total. The number of aromatic amines is 1. The van der Waals surface area contributed by atoms with E-state index in [4.69, 9.17) is 4.74 Å². The fraction of sp³-hybridized carbons (Fsp3) is 0.438. The minimum atomic E-state index is -0.479. The second kappa shape index (κ2) is 5.44. The van der Waals surface area contributed by atoms with Crippen molar-refractivity contribution in [3.63, 3.8) is 0 Å². The zero-order chi connectivity index (χ0) is 15.7. The minimum absolute atomic E-state index is 0.269. The van der Waals surface area contributed by atoms with Crippen molar-refractivity contribution in [2.75, 3.05) is 13.1 Å². The van der Waals surface area contributed by atoms with Crippen LogP contribution in [-0.2, 0) is 4.74 Å². The second-order valence-corrected chi connectivity index (χ2v) is 6.41. The third-order valence-corrected chi connectivity index (χ3v) is 3.50. The molecule has 1 amide bonds. The normalized spacial score (nSPS) is 15.8. The number of hydrogen-bond donors (Lipinski definition) is 1. The predicted octanol–water partition coefficient (Wildman–Crippen LogP) is 2.98. The maximum atomic E-state index is 12.2. The molecule has 0 radical (unpaired) electrons. The van der Waals surface area contributed by atoms with Crippen LogP contribution in [0.15, 0.2) is 24.8 Å². The molecule has 0 unspecified atom stereocenters. The molecular weight excluding hydrogens is 280 g/mol. The topological polar surface area (TPSA) is 71.1 Å². The number of hydrogen-bond acceptors (Lipinski definition) is 4. The van der Waals surface area contributed by atoms with Crippen LogP contribution in [0.2, 0.25) is 0 Å². The molecule has 0 spiro atoms. The number of carbonyl (C=O) groups is 1. The number of aromatic nitrogens is 3. The van der Waals surface area contributed by atoms with E-state index in [1.165, 1.54) is 6.33 Å². The van der Waals surface area contributed by atoms with Gasteiger partial charge < -0.3 is 14.6 Å². The number of nitrogens with zero attached hydrogens (tertiary/aromatic N) is 3. The van der Waals surface area contributed by atoms with E-state index in [1.807, 2.05) is 27.0 Å². The molecule has 0 bridgehead atoms. The van der Waals surface area contributed by atoms with Crippen molar-refractivity contribution in [2.45, 2.75) is 32.8 Å². The number of carbonyl (C=O) groups excluding carboxylic acids is 1. The average molecular weight is 300 g/mol. The van der Waals surface area contributed by atoms with Gasteiger partial charge in [0.1, 0.15) is 17.6 Å². The Hall–Kier alpha value is -2.37. The van der Waals surface area contributed by atoms with Gasteiger partial charge >= 0.3 is 6.09 Å². The Bertz CT molecular complexity index is 727. The molecule has 1 aliphatic rings. The molecule has 2 aromatic heterocycles. The average Bonchev–Trinajstić information content (AvgIpc) is 2.89. The Balaban J connectivity index is 1.81. The molecule has 0 saturated carbocycles. The quantitative estimate of drug-likeness (QED) is 0.879. The number of nitrogens with one attached hydrogen (secondary N) is 1. The van der Waals surface area contributed by atoms with Crippen molar-refractivity contribution in [2.24, 2.45) is 0 Å². The number of ether oxygens (including phenoxy) is 1. The highest BCUT2D eigenvalue weighted by molar-refractivity contribution is 5.91. The van der Waals surface area contributed by atoms with E-state index in [0.29, 0.717) is 13.1 Å². The first-order chi connectivity index (χ1) is 10.4. The van der Waals surface area contributed by atoms with Gasteiger partial charge in [-0.25, -0.2) is 14.8 Å². The molecule has 0 atom stereocenters. The highest BCUT2D eigenvalue weighted by Gasteiger charge is 2.25. The van der Waals surface area contributed by atoms with Gasteiger partial charge in [-0.3, -0.25) is 0 Å². The lowest BCUT2D eigenvalue weighted by molar-refractivity contribution is 0.0273. The first-order valence-electron chi connectivity index (χ1n) is 7.38. The van der Waals surface area contributed by atoms with E-state index in [1.54, 1.807) is 11.1 Å². The Morgan fingerprint density at radius 3 is 3.00 bits per heavy atom. The van der Waals surface area contributed by atoms with Crippen LogP contribution in [0.4, 0.5) is 4.79 Å². The van der Waals surface area contributed by atoms with E-state index < -0.39 is 5.60 Å². The lowest BCUT2D eigenvalue weighted by Crippen LogP contribution is -2.39. The molecule has 22 heavy (non-hydrogen) atoms. The molecule has 6 heteroatoms. The standard InChI is InChI=1S/C16H20N4O2/c1-16(2,3)22-15(21)20-6-4-5-11(9-20)12-8-18-14-13(12)7-17-10-19-14/h5,7-8,10H,4,6,9H2,1-3H3,(H,17,18,19). The highest BCUT2D eigenvalue weighted by atomic mass is 16.6. The van der Waals surface area contributed by atoms with Gasteiger partial charge in [0.15, 0.2) is 0 Å². The number of rotatable bonds is 1. The van der Waals surface area contributed by atoms with E-state index in [-0.39, 0.29) is 6.09 Å². The van der Waals surface area contributed by atoms with Gasteiger partial charge in [0, 0.05) is 36.4 Å². The van der Waals surface area contributed by atoms with E-state index >= 15 is 0 Å². The van der Waals surface area contributed by atoms with Gasteiger partial charge in [-0.2, -0.15) is 0 Å². The third kappa shape index (κ3) is 2.95. The lowest BCUT2D eigenvalue weighted by atomic mass is 10.0. The summed E-state index contributed by atoms with van der Waals surface area (Å²) in [5, 5.41) is 0.972. The maximum absolute atomic E-state index is 12.2. The van der Waals surface area contributed by atoms with E-state index in [2.05, 4.69) is 21.0 Å². The van der Waals surface area contributed by atoms with Gasteiger partial charge in [-0.15, -0.1) is 0 Å². The first-order valence-corrected chi connectivity index (χ1v) is 7.38. The summed E-state index contributed by atoms with van der Waals surface area (Å²) < 4.78 is 5.46. The number of H-pyrrole nitrogens is 1. The summed E-state index contributed by atoms with van der Waals surface area (Å²) in [6.45, 7) is 6.85. The largest absolute Gasteiger partial charge is 0.444 e. The molecule has 116 valence electrons. The molecule has 0 aliphatic carbocycles. The van der Waals surface area contributed by atoms with Crippen molar-refractivity contribution < 1.29 is 9.53 Å². The van der Waals surface area contributed by atoms with E-state index in [0.717, 1.165) is 28.6 Å². The summed E-state index contributed by atoms with van der Waals surface area (Å²) in [5.74, 6) is 0. The molecule has 1 aliphatic heterocycles. The zero-order valence-electron chi connectivity index (χ0n) is 13.1. The summed E-state index contributed by atoms with van der Waals surface area (Å²) in [4.78, 5) is 25.4. The van der Waals surface area contributed by atoms with Crippen LogP contribution < -0.4 is 0 Å². The summed E-state index contributed by atoms with van der Waals surface area (Å²) >= 11 is 0. The van der Waals surface area contributed by atoms with Crippen LogP contribution in [0.3, 0.4) is 0 Å². The van der Waals surface area contributed by atoms with Crippen molar-refractivity contribution in [1.29, 1.82) is 0 Å². The Morgan fingerprint density at radius 1 is 1.41 bits per heavy atom. The minimum Gasteiger partial charge on any atom is -0.444 e. The zero-order valence-corrected chi connectivity index (χ0v) is 13.1. The maximum Gasteiger partial charge on any atom is 0.410 e. The molecule has 0 fully saturated rings. The molecule has 3 rings (SSSR count). The smallest absolute Gasteiger partial charge is 0.410 e. The lowest BCUT2D eigenvalue weighted by Gasteiger charge is -2.30. The Kier molecular flexibility index (Phi) is 3.60. The van der Waals surface area contributed by atoms with Crippen molar-refractivity contribution in [3.8, 4) is 0 Å². The van der Waals surface area contributed by atoms with Crippen LogP contribution in [0, 0.1) is 0 Å². The van der Waals surface area contributed by atoms with Crippen LogP contribution in [0.25, 0.3) is 16.6 Å². The fourth-order valence-corrected chi connectivity index (χ4v) is 2.55. The first kappa shape index (κ1) is 14.6.